The number of carbonyl (C=O) groups is 1. The highest BCUT2D eigenvalue weighted by molar-refractivity contribution is 5.73. The fourth-order valence-corrected chi connectivity index (χ4v) is 3.21. The lowest BCUT2D eigenvalue weighted by atomic mass is 10.1. The highest BCUT2D eigenvalue weighted by atomic mass is 16.3. The van der Waals surface area contributed by atoms with E-state index in [9.17, 15) is 4.79 Å². The molecule has 1 aliphatic heterocycles. The Morgan fingerprint density at radius 2 is 2.16 bits per heavy atom. The molecule has 136 valence electrons. The van der Waals surface area contributed by atoms with Crippen molar-refractivity contribution in [2.75, 3.05) is 19.6 Å². The van der Waals surface area contributed by atoms with Crippen molar-refractivity contribution in [3.8, 4) is 0 Å². The topological polar surface area (TPSA) is 88.2 Å². The molecule has 0 saturated carbocycles. The van der Waals surface area contributed by atoms with Gasteiger partial charge in [0.25, 0.3) is 0 Å². The van der Waals surface area contributed by atoms with Gasteiger partial charge in [0.2, 0.25) is 0 Å². The molecule has 1 fully saturated rings. The lowest BCUT2D eigenvalue weighted by Gasteiger charge is -2.33. The summed E-state index contributed by atoms with van der Waals surface area (Å²) in [6.45, 7) is 5.73. The number of hydrogen-bond acceptors (Lipinski definition) is 5. The Morgan fingerprint density at radius 1 is 1.32 bits per heavy atom. The highest BCUT2D eigenvalue weighted by Gasteiger charge is 2.24. The molecule has 3 heterocycles. The number of nitrogens with one attached hydrogen (secondary N) is 2. The van der Waals surface area contributed by atoms with Crippen molar-refractivity contribution in [3.63, 3.8) is 0 Å². The Hall–Kier alpha value is -2.35. The second-order valence-electron chi connectivity index (χ2n) is 6.22. The summed E-state index contributed by atoms with van der Waals surface area (Å²) in [5.41, 5.74) is 0. The predicted molar refractivity (Wildman–Crippen MR) is 92.8 cm³/mol. The number of furan rings is 1. The zero-order chi connectivity index (χ0) is 17.5. The van der Waals surface area contributed by atoms with Crippen molar-refractivity contribution >= 4 is 6.03 Å². The average Bonchev–Trinajstić information content (AvgIpc) is 3.32. The molecule has 1 atom stereocenters. The smallest absolute Gasteiger partial charge is 0.315 e. The van der Waals surface area contributed by atoms with Crippen LogP contribution in [0, 0.1) is 0 Å². The second-order valence-corrected chi connectivity index (χ2v) is 6.22. The van der Waals surface area contributed by atoms with Crippen LogP contribution in [0.4, 0.5) is 4.79 Å². The van der Waals surface area contributed by atoms with E-state index in [1.807, 2.05) is 23.6 Å². The Labute approximate surface area is 147 Å². The maximum absolute atomic E-state index is 12.2. The summed E-state index contributed by atoms with van der Waals surface area (Å²) in [5.74, 6) is 1.64. The maximum Gasteiger partial charge on any atom is 0.315 e. The van der Waals surface area contributed by atoms with Crippen molar-refractivity contribution < 1.29 is 9.21 Å². The number of nitrogens with zero attached hydrogens (tertiary/aromatic N) is 4. The van der Waals surface area contributed by atoms with E-state index in [4.69, 9.17) is 4.42 Å². The largest absolute Gasteiger partial charge is 0.468 e. The van der Waals surface area contributed by atoms with Crippen LogP contribution in [-0.4, -0.2) is 45.3 Å². The first-order valence-electron chi connectivity index (χ1n) is 8.93. The third kappa shape index (κ3) is 4.60. The van der Waals surface area contributed by atoms with Crippen LogP contribution in [0.2, 0.25) is 0 Å². The highest BCUT2D eigenvalue weighted by Crippen LogP contribution is 2.24. The van der Waals surface area contributed by atoms with Gasteiger partial charge in [-0.25, -0.2) is 4.79 Å². The quantitative estimate of drug-likeness (QED) is 0.800. The number of aryl methyl sites for hydroxylation is 1. The van der Waals surface area contributed by atoms with Crippen molar-refractivity contribution in [2.24, 2.45) is 0 Å². The maximum atomic E-state index is 12.2. The van der Waals surface area contributed by atoms with E-state index in [0.29, 0.717) is 13.1 Å². The summed E-state index contributed by atoms with van der Waals surface area (Å²) in [6.07, 6.45) is 7.00. The van der Waals surface area contributed by atoms with Gasteiger partial charge >= 0.3 is 6.03 Å². The minimum Gasteiger partial charge on any atom is -0.468 e. The van der Waals surface area contributed by atoms with Crippen LogP contribution in [0.5, 0.6) is 0 Å². The van der Waals surface area contributed by atoms with Gasteiger partial charge in [-0.2, -0.15) is 0 Å². The molecule has 2 amide bonds. The van der Waals surface area contributed by atoms with Gasteiger partial charge in [0.05, 0.1) is 18.8 Å². The van der Waals surface area contributed by atoms with Gasteiger partial charge in [-0.05, 0) is 45.0 Å². The molecule has 1 saturated heterocycles. The van der Waals surface area contributed by atoms with Gasteiger partial charge in [0.1, 0.15) is 12.1 Å². The van der Waals surface area contributed by atoms with E-state index < -0.39 is 0 Å². The zero-order valence-corrected chi connectivity index (χ0v) is 14.6. The van der Waals surface area contributed by atoms with Gasteiger partial charge in [-0.15, -0.1) is 10.2 Å². The summed E-state index contributed by atoms with van der Waals surface area (Å²) >= 11 is 0. The Kier molecular flexibility index (Phi) is 6.05. The van der Waals surface area contributed by atoms with E-state index in [0.717, 1.165) is 31.2 Å². The summed E-state index contributed by atoms with van der Waals surface area (Å²) in [5, 5.41) is 13.7. The molecule has 2 aromatic rings. The summed E-state index contributed by atoms with van der Waals surface area (Å²) < 4.78 is 7.50. The minimum atomic E-state index is -0.209. The summed E-state index contributed by atoms with van der Waals surface area (Å²) in [6, 6.07) is 3.73. The molecule has 2 aromatic heterocycles. The van der Waals surface area contributed by atoms with E-state index in [2.05, 4.69) is 25.7 Å². The van der Waals surface area contributed by atoms with Crippen LogP contribution in [0.3, 0.4) is 0 Å². The molecule has 0 bridgehead atoms. The van der Waals surface area contributed by atoms with E-state index in [1.54, 1.807) is 12.6 Å². The Bertz CT molecular complexity index is 648. The van der Waals surface area contributed by atoms with Gasteiger partial charge in [-0.1, -0.05) is 6.42 Å². The number of piperidine rings is 1. The average molecular weight is 346 g/mol. The lowest BCUT2D eigenvalue weighted by Crippen LogP contribution is -2.43. The molecule has 2 N–H and O–H groups in total. The van der Waals surface area contributed by atoms with Crippen LogP contribution in [0.15, 0.2) is 29.1 Å². The number of rotatable bonds is 7. The van der Waals surface area contributed by atoms with Crippen LogP contribution in [0.1, 0.15) is 43.8 Å². The minimum absolute atomic E-state index is 0.0698. The third-order valence-electron chi connectivity index (χ3n) is 4.60. The lowest BCUT2D eigenvalue weighted by molar-refractivity contribution is 0.143. The zero-order valence-electron chi connectivity index (χ0n) is 14.6. The molecular weight excluding hydrogens is 320 g/mol. The van der Waals surface area contributed by atoms with Gasteiger partial charge in [0, 0.05) is 13.1 Å². The molecule has 8 nitrogen and oxygen atoms in total. The van der Waals surface area contributed by atoms with Crippen LogP contribution >= 0.6 is 0 Å². The molecule has 3 rings (SSSR count). The Morgan fingerprint density at radius 3 is 2.88 bits per heavy atom. The van der Waals surface area contributed by atoms with Crippen LogP contribution in [0.25, 0.3) is 0 Å². The van der Waals surface area contributed by atoms with Crippen LogP contribution < -0.4 is 10.6 Å². The number of urea groups is 1. The molecule has 8 heteroatoms. The first-order chi connectivity index (χ1) is 12.3. The SMILES string of the molecule is CCn1cnnc1CNC(=O)NC[C@H](c1ccco1)N1CCCCC1. The first-order valence-corrected chi connectivity index (χ1v) is 8.93. The van der Waals surface area contributed by atoms with E-state index >= 15 is 0 Å². The fraction of sp³-hybridized carbons (Fsp3) is 0.588. The van der Waals surface area contributed by atoms with Gasteiger partial charge in [-0.3, -0.25) is 4.90 Å². The first kappa shape index (κ1) is 17.5. The Balaban J connectivity index is 1.52. The molecule has 0 aromatic carbocycles. The summed E-state index contributed by atoms with van der Waals surface area (Å²) in [7, 11) is 0. The predicted octanol–water partition coefficient (Wildman–Crippen LogP) is 1.92. The van der Waals surface area contributed by atoms with Crippen molar-refractivity contribution in [2.45, 2.75) is 45.3 Å². The second kappa shape index (κ2) is 8.66. The van der Waals surface area contributed by atoms with Crippen molar-refractivity contribution in [1.29, 1.82) is 0 Å². The summed E-state index contributed by atoms with van der Waals surface area (Å²) in [4.78, 5) is 14.6. The number of aromatic nitrogens is 3. The molecule has 25 heavy (non-hydrogen) atoms. The molecule has 0 aliphatic carbocycles. The third-order valence-corrected chi connectivity index (χ3v) is 4.60. The fourth-order valence-electron chi connectivity index (χ4n) is 3.21. The molecule has 0 spiro atoms. The number of amides is 2. The molecule has 1 aliphatic rings. The molecule has 0 unspecified atom stereocenters. The van der Waals surface area contributed by atoms with Gasteiger partial charge < -0.3 is 19.6 Å². The molecule has 0 radical (unpaired) electrons. The molecular formula is C17H26N6O2. The van der Waals surface area contributed by atoms with Crippen LogP contribution in [-0.2, 0) is 13.1 Å². The number of likely N-dealkylation sites (tertiary alicyclic amines) is 1. The number of carbonyl (C=O) groups excluding carboxylic acids is 1. The normalized spacial score (nSPS) is 16.5. The van der Waals surface area contributed by atoms with Gasteiger partial charge in [0.15, 0.2) is 5.82 Å². The van der Waals surface area contributed by atoms with Crippen molar-refractivity contribution in [3.05, 3.63) is 36.3 Å². The van der Waals surface area contributed by atoms with Crippen molar-refractivity contribution in [1.82, 2.24) is 30.3 Å². The van der Waals surface area contributed by atoms with E-state index in [1.165, 1.54) is 19.3 Å². The van der Waals surface area contributed by atoms with E-state index in [-0.39, 0.29) is 12.1 Å². The standard InChI is InChI=1S/C17H26N6O2/c1-2-22-13-20-21-16(22)12-19-17(24)18-11-14(15-7-6-10-25-15)23-8-4-3-5-9-23/h6-7,10,13-14H,2-5,8-9,11-12H2,1H3,(H2,18,19,24)/t14-/m1/s1. The monoisotopic (exact) mass is 346 g/mol. The number of hydrogen-bond donors (Lipinski definition) is 2.